The predicted molar refractivity (Wildman–Crippen MR) is 113 cm³/mol. The summed E-state index contributed by atoms with van der Waals surface area (Å²) in [5.41, 5.74) is 3.90. The summed E-state index contributed by atoms with van der Waals surface area (Å²) in [6, 6.07) is 19.2. The van der Waals surface area contributed by atoms with E-state index < -0.39 is 5.97 Å². The maximum atomic E-state index is 11.4. The van der Waals surface area contributed by atoms with Gasteiger partial charge in [0.25, 0.3) is 0 Å². The molecule has 0 aliphatic carbocycles. The van der Waals surface area contributed by atoms with E-state index >= 15 is 0 Å². The van der Waals surface area contributed by atoms with Gasteiger partial charge in [0.2, 0.25) is 0 Å². The number of hydrogen-bond acceptors (Lipinski definition) is 4. The molecule has 0 bridgehead atoms. The molecule has 0 fully saturated rings. The highest BCUT2D eigenvalue weighted by Gasteiger charge is 2.31. The highest BCUT2D eigenvalue weighted by Crippen LogP contribution is 2.51. The molecule has 0 amide bonds. The number of aromatic hydroxyl groups is 2. The number of aromatic carboxylic acids is 1. The molecule has 4 aromatic rings. The lowest BCUT2D eigenvalue weighted by atomic mass is 9.79. The van der Waals surface area contributed by atoms with E-state index in [2.05, 4.69) is 0 Å². The van der Waals surface area contributed by atoms with Crippen molar-refractivity contribution in [2.24, 2.45) is 0 Å². The van der Waals surface area contributed by atoms with E-state index in [0.29, 0.717) is 11.5 Å². The maximum Gasteiger partial charge on any atom is 0.335 e. The highest BCUT2D eigenvalue weighted by atomic mass is 16.5. The van der Waals surface area contributed by atoms with E-state index in [-0.39, 0.29) is 23.0 Å². The monoisotopic (exact) mass is 398 g/mol. The van der Waals surface area contributed by atoms with Gasteiger partial charge in [-0.15, -0.1) is 0 Å². The SMILES string of the molecule is Cc1cc(C(=O)O)ccc1C1c2ccc(O)cc2Oc2c1ccc1cc(O)ccc21. The van der Waals surface area contributed by atoms with Gasteiger partial charge in [0, 0.05) is 28.5 Å². The van der Waals surface area contributed by atoms with Gasteiger partial charge in [-0.25, -0.2) is 4.79 Å². The van der Waals surface area contributed by atoms with Gasteiger partial charge in [-0.1, -0.05) is 24.3 Å². The molecule has 0 saturated carbocycles. The topological polar surface area (TPSA) is 87.0 Å². The fourth-order valence-corrected chi connectivity index (χ4v) is 4.24. The van der Waals surface area contributed by atoms with Crippen LogP contribution in [0.15, 0.2) is 66.7 Å². The quantitative estimate of drug-likeness (QED) is 0.363. The minimum absolute atomic E-state index is 0.103. The normalized spacial score (nSPS) is 14.6. The maximum absolute atomic E-state index is 11.4. The third-order valence-corrected chi connectivity index (χ3v) is 5.64. The molecule has 5 rings (SSSR count). The van der Waals surface area contributed by atoms with Gasteiger partial charge in [-0.05, 0) is 59.8 Å². The average molecular weight is 398 g/mol. The number of aryl methyl sites for hydroxylation is 1. The summed E-state index contributed by atoms with van der Waals surface area (Å²) in [4.78, 5) is 11.4. The first-order chi connectivity index (χ1) is 14.4. The van der Waals surface area contributed by atoms with Crippen molar-refractivity contribution < 1.29 is 24.9 Å². The van der Waals surface area contributed by atoms with Crippen molar-refractivity contribution in [2.75, 3.05) is 0 Å². The Morgan fingerprint density at radius 1 is 0.833 bits per heavy atom. The van der Waals surface area contributed by atoms with Gasteiger partial charge < -0.3 is 20.1 Å². The second-order valence-corrected chi connectivity index (χ2v) is 7.52. The molecule has 1 atom stereocenters. The first-order valence-corrected chi connectivity index (χ1v) is 9.52. The number of rotatable bonds is 2. The molecule has 5 nitrogen and oxygen atoms in total. The van der Waals surface area contributed by atoms with E-state index in [1.54, 1.807) is 36.4 Å². The van der Waals surface area contributed by atoms with Crippen molar-refractivity contribution in [3.63, 3.8) is 0 Å². The summed E-state index contributed by atoms with van der Waals surface area (Å²) in [7, 11) is 0. The van der Waals surface area contributed by atoms with Crippen molar-refractivity contribution in [1.82, 2.24) is 0 Å². The van der Waals surface area contributed by atoms with Crippen molar-refractivity contribution >= 4 is 16.7 Å². The minimum atomic E-state index is -0.965. The van der Waals surface area contributed by atoms with Crippen LogP contribution in [0.4, 0.5) is 0 Å². The number of carbonyl (C=O) groups is 1. The van der Waals surface area contributed by atoms with Crippen LogP contribution in [0.2, 0.25) is 0 Å². The number of carboxylic acids is 1. The van der Waals surface area contributed by atoms with Gasteiger partial charge >= 0.3 is 5.97 Å². The van der Waals surface area contributed by atoms with Crippen LogP contribution in [0.3, 0.4) is 0 Å². The second-order valence-electron chi connectivity index (χ2n) is 7.52. The van der Waals surface area contributed by atoms with Crippen LogP contribution >= 0.6 is 0 Å². The van der Waals surface area contributed by atoms with Gasteiger partial charge in [-0.2, -0.15) is 0 Å². The molecule has 4 aromatic carbocycles. The van der Waals surface area contributed by atoms with E-state index in [0.717, 1.165) is 33.0 Å². The van der Waals surface area contributed by atoms with Gasteiger partial charge in [0.1, 0.15) is 23.0 Å². The number of fused-ring (bicyclic) bond motifs is 4. The molecule has 1 aliphatic rings. The molecule has 30 heavy (non-hydrogen) atoms. The number of carboxylic acid groups (broad SMARTS) is 1. The lowest BCUT2D eigenvalue weighted by molar-refractivity contribution is 0.0696. The first-order valence-electron chi connectivity index (χ1n) is 9.52. The molecular formula is C25H18O5. The van der Waals surface area contributed by atoms with Crippen molar-refractivity contribution in [1.29, 1.82) is 0 Å². The Balaban J connectivity index is 1.79. The van der Waals surface area contributed by atoms with Crippen LogP contribution in [0, 0.1) is 6.92 Å². The van der Waals surface area contributed by atoms with E-state index in [4.69, 9.17) is 4.74 Å². The molecular weight excluding hydrogens is 380 g/mol. The molecule has 0 spiro atoms. The Hall–Kier alpha value is -3.99. The molecule has 1 heterocycles. The average Bonchev–Trinajstić information content (AvgIpc) is 2.71. The minimum Gasteiger partial charge on any atom is -0.508 e. The molecule has 1 unspecified atom stereocenters. The predicted octanol–water partition coefficient (Wildman–Crippen LogP) is 5.54. The Kier molecular flexibility index (Phi) is 3.93. The van der Waals surface area contributed by atoms with E-state index in [1.807, 2.05) is 37.3 Å². The van der Waals surface area contributed by atoms with Crippen molar-refractivity contribution in [2.45, 2.75) is 12.8 Å². The Labute approximate surface area is 172 Å². The summed E-state index contributed by atoms with van der Waals surface area (Å²) in [6.07, 6.45) is 0. The van der Waals surface area contributed by atoms with E-state index in [9.17, 15) is 20.1 Å². The molecule has 3 N–H and O–H groups in total. The summed E-state index contributed by atoms with van der Waals surface area (Å²) < 4.78 is 6.23. The van der Waals surface area contributed by atoms with Crippen LogP contribution in [0.5, 0.6) is 23.0 Å². The summed E-state index contributed by atoms with van der Waals surface area (Å²) in [6.45, 7) is 1.90. The standard InChI is InChI=1S/C25H18O5/c1-13-10-15(25(28)29)3-6-18(13)23-20-9-5-17(27)12-22(20)30-24-19-8-4-16(26)11-14(19)2-7-21(23)24/h2-12,23,26-27H,1H3,(H,28,29). The molecule has 5 heteroatoms. The number of phenolic OH excluding ortho intramolecular Hbond substituents is 2. The molecule has 0 saturated heterocycles. The fraction of sp³-hybridized carbons (Fsp3) is 0.0800. The summed E-state index contributed by atoms with van der Waals surface area (Å²) >= 11 is 0. The van der Waals surface area contributed by atoms with Crippen LogP contribution in [0.1, 0.15) is 38.5 Å². The van der Waals surface area contributed by atoms with Crippen LogP contribution in [-0.4, -0.2) is 21.3 Å². The molecule has 148 valence electrons. The molecule has 1 aliphatic heterocycles. The summed E-state index contributed by atoms with van der Waals surface area (Å²) in [5.74, 6) is 0.338. The molecule has 0 radical (unpaired) electrons. The van der Waals surface area contributed by atoms with E-state index in [1.165, 1.54) is 0 Å². The zero-order chi connectivity index (χ0) is 21.0. The number of ether oxygens (including phenoxy) is 1. The van der Waals surface area contributed by atoms with Crippen molar-refractivity contribution in [3.05, 3.63) is 94.5 Å². The lowest BCUT2D eigenvalue weighted by Gasteiger charge is -2.30. The fourth-order valence-electron chi connectivity index (χ4n) is 4.24. The largest absolute Gasteiger partial charge is 0.508 e. The lowest BCUT2D eigenvalue weighted by Crippen LogP contribution is -2.13. The van der Waals surface area contributed by atoms with Gasteiger partial charge in [0.05, 0.1) is 5.56 Å². The van der Waals surface area contributed by atoms with Gasteiger partial charge in [-0.3, -0.25) is 0 Å². The zero-order valence-electron chi connectivity index (χ0n) is 16.1. The Morgan fingerprint density at radius 3 is 2.30 bits per heavy atom. The van der Waals surface area contributed by atoms with Crippen LogP contribution < -0.4 is 4.74 Å². The van der Waals surface area contributed by atoms with Crippen molar-refractivity contribution in [3.8, 4) is 23.0 Å². The third kappa shape index (κ3) is 2.75. The third-order valence-electron chi connectivity index (χ3n) is 5.64. The Bertz CT molecular complexity index is 1340. The highest BCUT2D eigenvalue weighted by molar-refractivity contribution is 5.92. The first kappa shape index (κ1) is 18.1. The number of hydrogen-bond donors (Lipinski definition) is 3. The number of benzene rings is 4. The Morgan fingerprint density at radius 2 is 1.53 bits per heavy atom. The smallest absolute Gasteiger partial charge is 0.335 e. The summed E-state index contributed by atoms with van der Waals surface area (Å²) in [5, 5.41) is 30.9. The number of phenols is 2. The zero-order valence-corrected chi connectivity index (χ0v) is 16.1. The van der Waals surface area contributed by atoms with Crippen LogP contribution in [-0.2, 0) is 0 Å². The second kappa shape index (κ2) is 6.52. The van der Waals surface area contributed by atoms with Crippen LogP contribution in [0.25, 0.3) is 10.8 Å². The molecule has 0 aromatic heterocycles. The van der Waals surface area contributed by atoms with Gasteiger partial charge in [0.15, 0.2) is 0 Å².